The lowest BCUT2D eigenvalue weighted by atomic mass is 10.2. The third-order valence-electron chi connectivity index (χ3n) is 2.96. The Labute approximate surface area is 102 Å². The lowest BCUT2D eigenvalue weighted by Crippen LogP contribution is -2.47. The van der Waals surface area contributed by atoms with Crippen molar-refractivity contribution < 1.29 is 18.3 Å². The monoisotopic (exact) mass is 264 g/mol. The first-order valence-corrected chi connectivity index (χ1v) is 7.28. The summed E-state index contributed by atoms with van der Waals surface area (Å²) in [7, 11) is -3.49. The average molecular weight is 264 g/mol. The van der Waals surface area contributed by atoms with Gasteiger partial charge in [0.2, 0.25) is 0 Å². The Bertz CT molecular complexity index is 363. The molecule has 1 fully saturated rings. The fourth-order valence-corrected chi connectivity index (χ4v) is 4.00. The molecule has 1 unspecified atom stereocenters. The van der Waals surface area contributed by atoms with Gasteiger partial charge in [0.1, 0.15) is 0 Å². The quantitative estimate of drug-likeness (QED) is 0.758. The lowest BCUT2D eigenvalue weighted by Gasteiger charge is -2.30. The molecule has 1 saturated heterocycles. The van der Waals surface area contributed by atoms with Gasteiger partial charge in [0.15, 0.2) is 0 Å². The maximum absolute atomic E-state index is 12.2. The number of aliphatic carboxylic acids is 1. The summed E-state index contributed by atoms with van der Waals surface area (Å²) in [6.07, 6.45) is 1.59. The first kappa shape index (κ1) is 14.4. The van der Waals surface area contributed by atoms with Gasteiger partial charge >= 0.3 is 5.97 Å². The molecule has 0 bridgehead atoms. The van der Waals surface area contributed by atoms with E-state index >= 15 is 0 Å². The number of carboxylic acid groups (broad SMARTS) is 1. The molecule has 0 aliphatic carbocycles. The van der Waals surface area contributed by atoms with Gasteiger partial charge in [0, 0.05) is 25.7 Å². The van der Waals surface area contributed by atoms with E-state index in [0.717, 1.165) is 12.8 Å². The van der Waals surface area contributed by atoms with Crippen molar-refractivity contribution in [2.75, 3.05) is 19.6 Å². The molecule has 1 aliphatic heterocycles. The molecule has 0 spiro atoms. The molecule has 1 heterocycles. The molecule has 1 rings (SSSR count). The van der Waals surface area contributed by atoms with E-state index in [2.05, 4.69) is 0 Å². The van der Waals surface area contributed by atoms with Crippen LogP contribution in [-0.2, 0) is 15.0 Å². The Kier molecular flexibility index (Phi) is 4.91. The molecule has 0 radical (unpaired) electrons. The molecule has 0 amide bonds. The molecule has 6 nitrogen and oxygen atoms in total. The summed E-state index contributed by atoms with van der Waals surface area (Å²) in [6.45, 7) is 4.74. The van der Waals surface area contributed by atoms with E-state index in [0.29, 0.717) is 19.6 Å². The van der Waals surface area contributed by atoms with Crippen LogP contribution in [0.5, 0.6) is 0 Å². The lowest BCUT2D eigenvalue weighted by molar-refractivity contribution is -0.137. The smallest absolute Gasteiger partial charge is 0.304 e. The molecular formula is C10H20N2O4S. The minimum Gasteiger partial charge on any atom is -0.481 e. The maximum Gasteiger partial charge on any atom is 0.304 e. The van der Waals surface area contributed by atoms with E-state index in [1.807, 2.05) is 0 Å². The van der Waals surface area contributed by atoms with E-state index in [1.165, 1.54) is 8.61 Å². The molecule has 7 heteroatoms. The molecule has 17 heavy (non-hydrogen) atoms. The highest BCUT2D eigenvalue weighted by Gasteiger charge is 2.34. The van der Waals surface area contributed by atoms with Crippen molar-refractivity contribution in [3.8, 4) is 0 Å². The van der Waals surface area contributed by atoms with Crippen molar-refractivity contribution in [3.63, 3.8) is 0 Å². The zero-order valence-corrected chi connectivity index (χ0v) is 11.1. The standard InChI is InChI=1S/C10H20N2O4S/c1-3-12(9(2)8-10(13)14)17(15,16)11-6-4-5-7-11/h9H,3-8H2,1-2H3,(H,13,14). The predicted molar refractivity (Wildman–Crippen MR) is 63.8 cm³/mol. The number of hydrogen-bond acceptors (Lipinski definition) is 3. The van der Waals surface area contributed by atoms with Crippen LogP contribution in [0.4, 0.5) is 0 Å². The average Bonchev–Trinajstić information content (AvgIpc) is 2.69. The van der Waals surface area contributed by atoms with E-state index < -0.39 is 22.2 Å². The van der Waals surface area contributed by atoms with Crippen LogP contribution in [0, 0.1) is 0 Å². The van der Waals surface area contributed by atoms with E-state index in [9.17, 15) is 13.2 Å². The maximum atomic E-state index is 12.2. The zero-order chi connectivity index (χ0) is 13.1. The van der Waals surface area contributed by atoms with Gasteiger partial charge in [-0.3, -0.25) is 4.79 Å². The van der Waals surface area contributed by atoms with Crippen LogP contribution in [0.15, 0.2) is 0 Å². The normalized spacial score (nSPS) is 19.7. The topological polar surface area (TPSA) is 77.9 Å². The van der Waals surface area contributed by atoms with Gasteiger partial charge in [-0.2, -0.15) is 17.0 Å². The summed E-state index contributed by atoms with van der Waals surface area (Å²) in [6, 6.07) is -0.511. The molecule has 0 aromatic heterocycles. The molecule has 1 atom stereocenters. The van der Waals surface area contributed by atoms with Crippen LogP contribution in [0.3, 0.4) is 0 Å². The van der Waals surface area contributed by atoms with Crippen LogP contribution in [0.1, 0.15) is 33.1 Å². The third-order valence-corrected chi connectivity index (χ3v) is 5.19. The largest absolute Gasteiger partial charge is 0.481 e. The van der Waals surface area contributed by atoms with Gasteiger partial charge in [-0.1, -0.05) is 6.92 Å². The number of carboxylic acids is 1. The molecule has 0 saturated carbocycles. The third kappa shape index (κ3) is 3.40. The predicted octanol–water partition coefficient (Wildman–Crippen LogP) is 0.512. The van der Waals surface area contributed by atoms with Gasteiger partial charge in [0.25, 0.3) is 10.2 Å². The first-order chi connectivity index (χ1) is 7.89. The van der Waals surface area contributed by atoms with Gasteiger partial charge in [-0.05, 0) is 19.8 Å². The molecule has 1 aliphatic rings. The molecule has 100 valence electrons. The molecular weight excluding hydrogens is 244 g/mol. The van der Waals surface area contributed by atoms with Crippen molar-refractivity contribution >= 4 is 16.2 Å². The van der Waals surface area contributed by atoms with Crippen LogP contribution in [0.25, 0.3) is 0 Å². The van der Waals surface area contributed by atoms with Crippen molar-refractivity contribution in [2.45, 2.75) is 39.2 Å². The Hall–Kier alpha value is -0.660. The van der Waals surface area contributed by atoms with Crippen molar-refractivity contribution in [2.24, 2.45) is 0 Å². The fraction of sp³-hybridized carbons (Fsp3) is 0.900. The highest BCUT2D eigenvalue weighted by Crippen LogP contribution is 2.19. The van der Waals surface area contributed by atoms with Gasteiger partial charge in [0.05, 0.1) is 6.42 Å². The molecule has 0 aromatic carbocycles. The van der Waals surface area contributed by atoms with Crippen LogP contribution in [-0.4, -0.2) is 53.8 Å². The van der Waals surface area contributed by atoms with Crippen molar-refractivity contribution in [1.29, 1.82) is 0 Å². The Morgan fingerprint density at radius 2 is 1.94 bits per heavy atom. The minimum absolute atomic E-state index is 0.166. The van der Waals surface area contributed by atoms with Gasteiger partial charge in [-0.25, -0.2) is 0 Å². The molecule has 0 aromatic rings. The summed E-state index contributed by atoms with van der Waals surface area (Å²) >= 11 is 0. The number of nitrogens with zero attached hydrogens (tertiary/aromatic N) is 2. The van der Waals surface area contributed by atoms with Crippen LogP contribution in [0.2, 0.25) is 0 Å². The Morgan fingerprint density at radius 1 is 1.41 bits per heavy atom. The highest BCUT2D eigenvalue weighted by molar-refractivity contribution is 7.86. The second-order valence-electron chi connectivity index (χ2n) is 4.26. The summed E-state index contributed by atoms with van der Waals surface area (Å²) < 4.78 is 27.2. The second kappa shape index (κ2) is 5.79. The number of carbonyl (C=O) groups is 1. The van der Waals surface area contributed by atoms with E-state index in [4.69, 9.17) is 5.11 Å². The van der Waals surface area contributed by atoms with E-state index in [-0.39, 0.29) is 6.42 Å². The summed E-state index contributed by atoms with van der Waals surface area (Å²) in [4.78, 5) is 10.6. The molecule has 1 N–H and O–H groups in total. The highest BCUT2D eigenvalue weighted by atomic mass is 32.2. The summed E-state index contributed by atoms with van der Waals surface area (Å²) in [5.41, 5.74) is 0. The fourth-order valence-electron chi connectivity index (χ4n) is 2.12. The summed E-state index contributed by atoms with van der Waals surface area (Å²) in [5, 5.41) is 8.72. The second-order valence-corrected chi connectivity index (χ2v) is 6.15. The van der Waals surface area contributed by atoms with Crippen LogP contribution >= 0.6 is 0 Å². The minimum atomic E-state index is -3.49. The van der Waals surface area contributed by atoms with Crippen LogP contribution < -0.4 is 0 Å². The van der Waals surface area contributed by atoms with Gasteiger partial charge in [-0.15, -0.1) is 0 Å². The van der Waals surface area contributed by atoms with E-state index in [1.54, 1.807) is 13.8 Å². The number of rotatable bonds is 6. The van der Waals surface area contributed by atoms with Crippen molar-refractivity contribution in [3.05, 3.63) is 0 Å². The first-order valence-electron chi connectivity index (χ1n) is 5.88. The van der Waals surface area contributed by atoms with Crippen molar-refractivity contribution in [1.82, 2.24) is 8.61 Å². The Balaban J connectivity index is 2.81. The van der Waals surface area contributed by atoms with Gasteiger partial charge < -0.3 is 5.11 Å². The SMILES string of the molecule is CCN(C(C)CC(=O)O)S(=O)(=O)N1CCCC1. The zero-order valence-electron chi connectivity index (χ0n) is 10.3. The summed E-state index contributed by atoms with van der Waals surface area (Å²) in [5.74, 6) is -0.979. The number of hydrogen-bond donors (Lipinski definition) is 1. The Morgan fingerprint density at radius 3 is 2.35 bits per heavy atom.